The molecule has 0 unspecified atom stereocenters. The van der Waals surface area contributed by atoms with Gasteiger partial charge in [-0.15, -0.1) is 11.3 Å². The Labute approximate surface area is 209 Å². The lowest BCUT2D eigenvalue weighted by Crippen LogP contribution is -2.11. The first-order chi connectivity index (χ1) is 16.5. The van der Waals surface area contributed by atoms with Crippen LogP contribution in [0.1, 0.15) is 27.9 Å². The van der Waals surface area contributed by atoms with E-state index >= 15 is 0 Å². The summed E-state index contributed by atoms with van der Waals surface area (Å²) in [4.78, 5) is 18.4. The number of thiophene rings is 1. The number of thiazole rings is 1. The number of phenols is 1. The van der Waals surface area contributed by atoms with Crippen molar-refractivity contribution in [3.05, 3.63) is 81.1 Å². The highest BCUT2D eigenvalue weighted by molar-refractivity contribution is 7.19. The van der Waals surface area contributed by atoms with Crippen LogP contribution in [0.15, 0.2) is 60.0 Å². The van der Waals surface area contributed by atoms with Gasteiger partial charge in [-0.25, -0.2) is 4.98 Å². The molecule has 0 atom stereocenters. The summed E-state index contributed by atoms with van der Waals surface area (Å²) in [6.45, 7) is 2.23. The minimum absolute atomic E-state index is 0.0268. The van der Waals surface area contributed by atoms with E-state index in [9.17, 15) is 15.2 Å². The molecule has 0 saturated heterocycles. The van der Waals surface area contributed by atoms with Gasteiger partial charge in [0.1, 0.15) is 21.8 Å². The number of aromatic hydroxyl groups is 1. The Morgan fingerprint density at radius 2 is 2.06 bits per heavy atom. The van der Waals surface area contributed by atoms with Crippen molar-refractivity contribution in [3.63, 3.8) is 0 Å². The third-order valence-electron chi connectivity index (χ3n) is 4.66. The lowest BCUT2D eigenvalue weighted by Gasteiger charge is -2.06. The van der Waals surface area contributed by atoms with Crippen LogP contribution in [0.2, 0.25) is 5.02 Å². The average molecular weight is 508 g/mol. The summed E-state index contributed by atoms with van der Waals surface area (Å²) in [5.41, 5.74) is 2.06. The molecule has 4 aromatic rings. The molecule has 0 spiro atoms. The van der Waals surface area contributed by atoms with Crippen LogP contribution < -0.4 is 10.1 Å². The van der Waals surface area contributed by atoms with Crippen LogP contribution in [0, 0.1) is 11.3 Å². The maximum Gasteiger partial charge on any atom is 0.256 e. The lowest BCUT2D eigenvalue weighted by atomic mass is 10.1. The Morgan fingerprint density at radius 3 is 2.74 bits per heavy atom. The molecule has 2 aromatic carbocycles. The van der Waals surface area contributed by atoms with Crippen LogP contribution in [0.4, 0.5) is 5.00 Å². The number of aromatic nitrogens is 1. The van der Waals surface area contributed by atoms with Crippen molar-refractivity contribution >= 4 is 56.8 Å². The van der Waals surface area contributed by atoms with Gasteiger partial charge in [-0.3, -0.25) is 4.79 Å². The molecule has 2 N–H and O–H groups in total. The number of nitrogens with one attached hydrogen (secondary N) is 1. The number of nitrogens with zero attached hydrogens (tertiary/aromatic N) is 2. The average Bonchev–Trinajstić information content (AvgIpc) is 3.50. The van der Waals surface area contributed by atoms with Crippen molar-refractivity contribution in [1.29, 1.82) is 5.26 Å². The second-order valence-corrected chi connectivity index (χ2v) is 9.35. The number of halogens is 1. The highest BCUT2D eigenvalue weighted by Gasteiger charge is 2.19. The van der Waals surface area contributed by atoms with Crippen molar-refractivity contribution in [3.8, 4) is 28.1 Å². The molecule has 0 fully saturated rings. The van der Waals surface area contributed by atoms with Gasteiger partial charge in [0.25, 0.3) is 5.91 Å². The smallest absolute Gasteiger partial charge is 0.256 e. The van der Waals surface area contributed by atoms with Gasteiger partial charge in [-0.1, -0.05) is 35.1 Å². The van der Waals surface area contributed by atoms with Crippen molar-refractivity contribution in [2.24, 2.45) is 0 Å². The molecule has 9 heteroatoms. The molecular weight excluding hydrogens is 490 g/mol. The van der Waals surface area contributed by atoms with Gasteiger partial charge in [0.15, 0.2) is 11.5 Å². The maximum atomic E-state index is 12.8. The third kappa shape index (κ3) is 5.29. The summed E-state index contributed by atoms with van der Waals surface area (Å²) in [6.07, 6.45) is 1.67. The Hall–Kier alpha value is -3.64. The monoisotopic (exact) mass is 507 g/mol. The SMILES string of the molecule is CCOc1cc(C=C(C#N)c2nc(-c3cccs3)c(NC(=O)c3ccc(Cl)cc3)s2)ccc1O. The summed E-state index contributed by atoms with van der Waals surface area (Å²) in [6, 6.07) is 17.5. The number of rotatable bonds is 7. The molecule has 0 radical (unpaired) electrons. The van der Waals surface area contributed by atoms with Crippen molar-refractivity contribution in [1.82, 2.24) is 4.98 Å². The molecule has 170 valence electrons. The molecule has 34 heavy (non-hydrogen) atoms. The quantitative estimate of drug-likeness (QED) is 0.264. The van der Waals surface area contributed by atoms with Gasteiger partial charge in [0.05, 0.1) is 17.1 Å². The zero-order valence-electron chi connectivity index (χ0n) is 17.9. The van der Waals surface area contributed by atoms with Gasteiger partial charge in [-0.05, 0) is 66.4 Å². The van der Waals surface area contributed by atoms with Crippen LogP contribution >= 0.6 is 34.3 Å². The highest BCUT2D eigenvalue weighted by atomic mass is 35.5. The Kier molecular flexibility index (Phi) is 7.28. The molecule has 6 nitrogen and oxygen atoms in total. The molecule has 1 amide bonds. The minimum Gasteiger partial charge on any atom is -0.504 e. The second-order valence-electron chi connectivity index (χ2n) is 6.97. The zero-order chi connectivity index (χ0) is 24.1. The number of benzene rings is 2. The summed E-state index contributed by atoms with van der Waals surface area (Å²) in [5.74, 6) is 0.0638. The fraction of sp³-hybridized carbons (Fsp3) is 0.0800. The van der Waals surface area contributed by atoms with E-state index in [1.54, 1.807) is 42.5 Å². The first-order valence-electron chi connectivity index (χ1n) is 10.2. The van der Waals surface area contributed by atoms with Crippen molar-refractivity contribution < 1.29 is 14.6 Å². The van der Waals surface area contributed by atoms with Crippen LogP contribution in [-0.4, -0.2) is 22.6 Å². The minimum atomic E-state index is -0.299. The fourth-order valence-corrected chi connectivity index (χ4v) is 4.93. The predicted octanol–water partition coefficient (Wildman–Crippen LogP) is 6.95. The molecule has 4 rings (SSSR count). The van der Waals surface area contributed by atoms with Crippen LogP contribution in [0.3, 0.4) is 0 Å². The molecule has 0 aliphatic rings. The number of amides is 1. The summed E-state index contributed by atoms with van der Waals surface area (Å²) >= 11 is 8.64. The first-order valence-corrected chi connectivity index (χ1v) is 12.3. The number of carbonyl (C=O) groups excluding carboxylic acids is 1. The van der Waals surface area contributed by atoms with Crippen molar-refractivity contribution in [2.45, 2.75) is 6.92 Å². The number of phenolic OH excluding ortho intramolecular Hbond substituents is 1. The Morgan fingerprint density at radius 1 is 1.26 bits per heavy atom. The van der Waals surface area contributed by atoms with Gasteiger partial charge in [0, 0.05) is 10.6 Å². The normalized spacial score (nSPS) is 11.1. The van der Waals surface area contributed by atoms with E-state index in [1.807, 2.05) is 24.4 Å². The molecule has 2 heterocycles. The maximum absolute atomic E-state index is 12.8. The van der Waals surface area contributed by atoms with Crippen LogP contribution in [0.25, 0.3) is 22.2 Å². The number of hydrogen-bond acceptors (Lipinski definition) is 7. The van der Waals surface area contributed by atoms with E-state index in [2.05, 4.69) is 16.4 Å². The molecule has 0 aliphatic heterocycles. The fourth-order valence-electron chi connectivity index (χ4n) is 3.08. The Balaban J connectivity index is 1.71. The molecule has 0 bridgehead atoms. The number of carbonyl (C=O) groups is 1. The highest BCUT2D eigenvalue weighted by Crippen LogP contribution is 2.39. The topological polar surface area (TPSA) is 95.2 Å². The van der Waals surface area contributed by atoms with Gasteiger partial charge >= 0.3 is 0 Å². The lowest BCUT2D eigenvalue weighted by molar-refractivity contribution is 0.102. The van der Waals surface area contributed by atoms with Gasteiger partial charge < -0.3 is 15.2 Å². The first kappa shape index (κ1) is 23.5. The second kappa shape index (κ2) is 10.5. The number of ether oxygens (including phenoxy) is 1. The van der Waals surface area contributed by atoms with Crippen molar-refractivity contribution in [2.75, 3.05) is 11.9 Å². The van der Waals surface area contributed by atoms with Gasteiger partial charge in [0.2, 0.25) is 0 Å². The van der Waals surface area contributed by atoms with E-state index in [-0.39, 0.29) is 11.7 Å². The van der Waals surface area contributed by atoms with E-state index in [0.29, 0.717) is 49.8 Å². The third-order valence-corrected chi connectivity index (χ3v) is 6.79. The molecule has 0 aliphatic carbocycles. The predicted molar refractivity (Wildman–Crippen MR) is 138 cm³/mol. The number of allylic oxidation sites excluding steroid dienone is 1. The number of nitriles is 1. The number of anilines is 1. The largest absolute Gasteiger partial charge is 0.504 e. The standard InChI is InChI=1S/C25H18ClN3O3S2/c1-2-32-20-13-15(5-10-19(20)30)12-17(14-27)24-28-22(21-4-3-11-33-21)25(34-24)29-23(31)16-6-8-18(26)9-7-16/h3-13,30H,2H2,1H3,(H,29,31). The molecule has 0 saturated carbocycles. The summed E-state index contributed by atoms with van der Waals surface area (Å²) < 4.78 is 5.43. The van der Waals surface area contributed by atoms with E-state index in [4.69, 9.17) is 16.3 Å². The van der Waals surface area contributed by atoms with Crippen LogP contribution in [-0.2, 0) is 0 Å². The van der Waals surface area contributed by atoms with E-state index in [1.165, 1.54) is 28.7 Å². The molecular formula is C25H18ClN3O3S2. The van der Waals surface area contributed by atoms with E-state index in [0.717, 1.165) is 4.88 Å². The number of hydrogen-bond donors (Lipinski definition) is 2. The summed E-state index contributed by atoms with van der Waals surface area (Å²) in [5, 5.41) is 26.2. The molecule has 2 aromatic heterocycles. The van der Waals surface area contributed by atoms with Gasteiger partial charge in [-0.2, -0.15) is 5.26 Å². The zero-order valence-corrected chi connectivity index (χ0v) is 20.3. The summed E-state index contributed by atoms with van der Waals surface area (Å²) in [7, 11) is 0. The Bertz CT molecular complexity index is 1390. The van der Waals surface area contributed by atoms with Crippen LogP contribution in [0.5, 0.6) is 11.5 Å². The van der Waals surface area contributed by atoms with E-state index < -0.39 is 0 Å².